The fourth-order valence-electron chi connectivity index (χ4n) is 1.89. The van der Waals surface area contributed by atoms with Crippen LogP contribution in [0.3, 0.4) is 0 Å². The molecule has 2 aromatic carbocycles. The van der Waals surface area contributed by atoms with Crippen LogP contribution in [-0.2, 0) is 11.2 Å². The van der Waals surface area contributed by atoms with Gasteiger partial charge in [-0.2, -0.15) is 0 Å². The van der Waals surface area contributed by atoms with Crippen molar-refractivity contribution in [2.75, 3.05) is 0 Å². The molecule has 0 fully saturated rings. The second-order valence-electron chi connectivity index (χ2n) is 4.15. The quantitative estimate of drug-likeness (QED) is 0.571. The van der Waals surface area contributed by atoms with E-state index in [1.807, 2.05) is 18.2 Å². The van der Waals surface area contributed by atoms with Crippen LogP contribution in [0.4, 0.5) is 0 Å². The molecular weight excluding hydrogens is 299 g/mol. The van der Waals surface area contributed by atoms with Crippen LogP contribution in [0.2, 0.25) is 0 Å². The maximum absolute atomic E-state index is 11.2. The summed E-state index contributed by atoms with van der Waals surface area (Å²) >= 11 is 0. The van der Waals surface area contributed by atoms with Crippen LogP contribution >= 0.6 is 0 Å². The normalized spacial score (nSPS) is 9.82. The van der Waals surface area contributed by atoms with E-state index >= 15 is 0 Å². The molecule has 7 heteroatoms. The second kappa shape index (κ2) is 12.2. The van der Waals surface area contributed by atoms with Crippen molar-refractivity contribution in [2.24, 2.45) is 0 Å². The largest absolute Gasteiger partial charge is 1.00 e. The standard InChI is InChI=1S/C15H14O3.Na.3H2O/c16-13-8-6-11(7-9-13)10-14(15(17)18)12-4-2-1-3-5-12;;;;/h1-9,14,16H,10H2,(H,17,18);;3*1H2/q;+1;;;/p-1. The van der Waals surface area contributed by atoms with Gasteiger partial charge in [0.05, 0.1) is 0 Å². The summed E-state index contributed by atoms with van der Waals surface area (Å²) in [6.45, 7) is 0. The Bertz CT molecular complexity index is 529. The molecule has 0 bridgehead atoms. The summed E-state index contributed by atoms with van der Waals surface area (Å²) in [5.41, 5.74) is 1.58. The molecule has 0 amide bonds. The number of phenolic OH excluding ortho intramolecular Hbond substituents is 1. The van der Waals surface area contributed by atoms with Crippen molar-refractivity contribution in [1.82, 2.24) is 0 Å². The smallest absolute Gasteiger partial charge is 0.549 e. The zero-order chi connectivity index (χ0) is 13.0. The fourth-order valence-corrected chi connectivity index (χ4v) is 1.89. The number of aliphatic carboxylic acids is 1. The van der Waals surface area contributed by atoms with Gasteiger partial charge in [-0.05, 0) is 29.7 Å². The van der Waals surface area contributed by atoms with Crippen molar-refractivity contribution < 1.29 is 61.0 Å². The number of aromatic hydroxyl groups is 1. The molecule has 0 aliphatic heterocycles. The topological polar surface area (TPSA) is 155 Å². The Labute approximate surface area is 150 Å². The summed E-state index contributed by atoms with van der Waals surface area (Å²) < 4.78 is 0. The monoisotopic (exact) mass is 318 g/mol. The summed E-state index contributed by atoms with van der Waals surface area (Å²) in [5, 5.41) is 20.4. The first kappa shape index (κ1) is 25.5. The van der Waals surface area contributed by atoms with Crippen molar-refractivity contribution >= 4 is 5.97 Å². The summed E-state index contributed by atoms with van der Waals surface area (Å²) in [6, 6.07) is 15.5. The van der Waals surface area contributed by atoms with Crippen LogP contribution in [-0.4, -0.2) is 27.5 Å². The number of hydrogen-bond donors (Lipinski definition) is 1. The number of carbonyl (C=O) groups excluding carboxylic acids is 1. The molecule has 0 radical (unpaired) electrons. The van der Waals surface area contributed by atoms with Gasteiger partial charge in [0.2, 0.25) is 0 Å². The van der Waals surface area contributed by atoms with Gasteiger partial charge in [-0.3, -0.25) is 0 Å². The Balaban J connectivity index is -0.000000902. The molecular formula is C15H19NaO6. The minimum absolute atomic E-state index is 0. The van der Waals surface area contributed by atoms with E-state index < -0.39 is 11.9 Å². The van der Waals surface area contributed by atoms with E-state index in [4.69, 9.17) is 0 Å². The molecule has 7 N–H and O–H groups in total. The van der Waals surface area contributed by atoms with E-state index in [-0.39, 0.29) is 51.7 Å². The second-order valence-corrected chi connectivity index (χ2v) is 4.15. The van der Waals surface area contributed by atoms with E-state index in [0.717, 1.165) is 11.1 Å². The number of benzene rings is 2. The van der Waals surface area contributed by atoms with E-state index in [2.05, 4.69) is 0 Å². The Morgan fingerprint density at radius 3 is 1.91 bits per heavy atom. The molecule has 1 unspecified atom stereocenters. The minimum Gasteiger partial charge on any atom is -0.549 e. The van der Waals surface area contributed by atoms with Crippen LogP contribution in [0, 0.1) is 0 Å². The van der Waals surface area contributed by atoms with Gasteiger partial charge < -0.3 is 31.4 Å². The van der Waals surface area contributed by atoms with E-state index in [0.29, 0.717) is 6.42 Å². The third-order valence-corrected chi connectivity index (χ3v) is 2.86. The molecule has 1 atom stereocenters. The van der Waals surface area contributed by atoms with Crippen molar-refractivity contribution in [2.45, 2.75) is 12.3 Å². The fraction of sp³-hybridized carbons (Fsp3) is 0.133. The van der Waals surface area contributed by atoms with Crippen LogP contribution in [0.1, 0.15) is 17.0 Å². The molecule has 116 valence electrons. The van der Waals surface area contributed by atoms with Crippen LogP contribution in [0.5, 0.6) is 5.75 Å². The Hall–Kier alpha value is -1.41. The SMILES string of the molecule is O.O.O.O=C([O-])C(Cc1ccc(O)cc1)c1ccccc1.[Na+]. The Morgan fingerprint density at radius 1 is 0.955 bits per heavy atom. The number of rotatable bonds is 4. The van der Waals surface area contributed by atoms with Crippen LogP contribution in [0.15, 0.2) is 54.6 Å². The van der Waals surface area contributed by atoms with E-state index in [1.165, 1.54) is 0 Å². The van der Waals surface area contributed by atoms with Gasteiger partial charge in [0.25, 0.3) is 0 Å². The average Bonchev–Trinajstić information content (AvgIpc) is 2.38. The predicted octanol–water partition coefficient (Wildman–Crippen LogP) is -4.00. The molecule has 0 aliphatic carbocycles. The molecule has 0 aromatic heterocycles. The van der Waals surface area contributed by atoms with Crippen molar-refractivity contribution in [3.63, 3.8) is 0 Å². The van der Waals surface area contributed by atoms with Gasteiger partial charge in [0.15, 0.2) is 0 Å². The maximum Gasteiger partial charge on any atom is 1.00 e. The van der Waals surface area contributed by atoms with Crippen LogP contribution in [0.25, 0.3) is 0 Å². The van der Waals surface area contributed by atoms with E-state index in [1.54, 1.807) is 36.4 Å². The average molecular weight is 318 g/mol. The zero-order valence-electron chi connectivity index (χ0n) is 12.2. The van der Waals surface area contributed by atoms with Gasteiger partial charge in [-0.25, -0.2) is 0 Å². The van der Waals surface area contributed by atoms with Crippen molar-refractivity contribution in [3.8, 4) is 5.75 Å². The molecule has 0 aliphatic rings. The number of carboxylic acids is 1. The summed E-state index contributed by atoms with van der Waals surface area (Å²) in [6.07, 6.45) is 0.354. The number of phenols is 1. The van der Waals surface area contributed by atoms with Crippen molar-refractivity contribution in [3.05, 3.63) is 65.7 Å². The molecule has 0 heterocycles. The summed E-state index contributed by atoms with van der Waals surface area (Å²) in [4.78, 5) is 11.2. The molecule has 0 saturated carbocycles. The molecule has 6 nitrogen and oxygen atoms in total. The third kappa shape index (κ3) is 7.04. The predicted molar refractivity (Wildman–Crippen MR) is 76.8 cm³/mol. The van der Waals surface area contributed by atoms with Gasteiger partial charge >= 0.3 is 29.6 Å². The zero-order valence-corrected chi connectivity index (χ0v) is 14.2. The number of hydrogen-bond acceptors (Lipinski definition) is 3. The first-order chi connectivity index (χ1) is 8.66. The Morgan fingerprint density at radius 2 is 1.45 bits per heavy atom. The van der Waals surface area contributed by atoms with Gasteiger partial charge in [-0.15, -0.1) is 0 Å². The molecule has 22 heavy (non-hydrogen) atoms. The van der Waals surface area contributed by atoms with E-state index in [9.17, 15) is 15.0 Å². The van der Waals surface area contributed by atoms with Gasteiger partial charge in [0.1, 0.15) is 5.75 Å². The first-order valence-electron chi connectivity index (χ1n) is 5.70. The first-order valence-corrected chi connectivity index (χ1v) is 5.70. The minimum atomic E-state index is -1.09. The third-order valence-electron chi connectivity index (χ3n) is 2.86. The molecule has 0 spiro atoms. The summed E-state index contributed by atoms with van der Waals surface area (Å²) in [7, 11) is 0. The molecule has 2 rings (SSSR count). The van der Waals surface area contributed by atoms with Gasteiger partial charge in [-0.1, -0.05) is 42.5 Å². The molecule has 2 aromatic rings. The van der Waals surface area contributed by atoms with Gasteiger partial charge in [0, 0.05) is 11.9 Å². The summed E-state index contributed by atoms with van der Waals surface area (Å²) in [5.74, 6) is -1.59. The number of carbonyl (C=O) groups is 1. The van der Waals surface area contributed by atoms with Crippen LogP contribution < -0.4 is 34.7 Å². The number of carboxylic acid groups (broad SMARTS) is 1. The Kier molecular flexibility index (Phi) is 14.1. The van der Waals surface area contributed by atoms with Crippen molar-refractivity contribution in [1.29, 1.82) is 0 Å². The molecule has 0 saturated heterocycles. The maximum atomic E-state index is 11.2.